The normalized spacial score (nSPS) is 15.1. The van der Waals surface area contributed by atoms with E-state index in [1.807, 2.05) is 29.2 Å². The van der Waals surface area contributed by atoms with Gasteiger partial charge in [0.15, 0.2) is 0 Å². The van der Waals surface area contributed by atoms with E-state index >= 15 is 0 Å². The lowest BCUT2D eigenvalue weighted by atomic mass is 9.88. The molecule has 0 unspecified atom stereocenters. The molecule has 5 heteroatoms. The molecule has 1 amide bonds. The Balaban J connectivity index is 1.48. The van der Waals surface area contributed by atoms with Crippen molar-refractivity contribution in [3.63, 3.8) is 0 Å². The molecule has 0 saturated carbocycles. The van der Waals surface area contributed by atoms with Crippen molar-refractivity contribution in [3.8, 4) is 0 Å². The topological polar surface area (TPSA) is 57.6 Å². The number of carbonyl (C=O) groups excluding carboxylic acids is 1. The number of hydrogen-bond acceptors (Lipinski definition) is 2. The van der Waals surface area contributed by atoms with Crippen molar-refractivity contribution in [2.45, 2.75) is 25.7 Å². The summed E-state index contributed by atoms with van der Waals surface area (Å²) in [7, 11) is 0. The van der Waals surface area contributed by atoms with Crippen molar-refractivity contribution in [2.75, 3.05) is 13.1 Å². The molecule has 4 nitrogen and oxygen atoms in total. The Hall–Kier alpha value is -2.95. The number of carbonyl (C=O) groups is 2. The van der Waals surface area contributed by atoms with Gasteiger partial charge in [0.05, 0.1) is 5.56 Å². The Kier molecular flexibility index (Phi) is 6.58. The molecule has 146 valence electrons. The van der Waals surface area contributed by atoms with Crippen LogP contribution in [0.4, 0.5) is 4.39 Å². The summed E-state index contributed by atoms with van der Waals surface area (Å²) in [6, 6.07) is 13.3. The molecule has 28 heavy (non-hydrogen) atoms. The van der Waals surface area contributed by atoms with Crippen LogP contribution >= 0.6 is 0 Å². The summed E-state index contributed by atoms with van der Waals surface area (Å²) in [5.41, 5.74) is 2.10. The Morgan fingerprint density at radius 1 is 1.07 bits per heavy atom. The largest absolute Gasteiger partial charge is 0.478 e. The first kappa shape index (κ1) is 19.8. The monoisotopic (exact) mass is 381 g/mol. The maximum absolute atomic E-state index is 12.9. The molecule has 0 bridgehead atoms. The van der Waals surface area contributed by atoms with Gasteiger partial charge in [-0.3, -0.25) is 4.79 Å². The van der Waals surface area contributed by atoms with Crippen LogP contribution in [0, 0.1) is 11.7 Å². The lowest BCUT2D eigenvalue weighted by Crippen LogP contribution is -2.38. The summed E-state index contributed by atoms with van der Waals surface area (Å²) >= 11 is 0. The van der Waals surface area contributed by atoms with E-state index in [1.165, 1.54) is 12.1 Å². The predicted molar refractivity (Wildman–Crippen MR) is 106 cm³/mol. The van der Waals surface area contributed by atoms with E-state index in [-0.39, 0.29) is 11.7 Å². The van der Waals surface area contributed by atoms with Crippen LogP contribution in [-0.2, 0) is 11.2 Å². The lowest BCUT2D eigenvalue weighted by molar-refractivity contribution is -0.131. The maximum Gasteiger partial charge on any atom is 0.335 e. The molecule has 1 heterocycles. The zero-order valence-electron chi connectivity index (χ0n) is 15.7. The molecule has 1 aliphatic rings. The average Bonchev–Trinajstić information content (AvgIpc) is 2.70. The van der Waals surface area contributed by atoms with Gasteiger partial charge < -0.3 is 10.0 Å². The lowest BCUT2D eigenvalue weighted by Gasteiger charge is -2.32. The van der Waals surface area contributed by atoms with E-state index in [1.54, 1.807) is 24.3 Å². The zero-order valence-corrected chi connectivity index (χ0v) is 15.7. The Morgan fingerprint density at radius 3 is 2.43 bits per heavy atom. The van der Waals surface area contributed by atoms with Crippen LogP contribution in [0.3, 0.4) is 0 Å². The van der Waals surface area contributed by atoms with Crippen molar-refractivity contribution in [2.24, 2.45) is 5.92 Å². The van der Waals surface area contributed by atoms with Crippen LogP contribution in [0.5, 0.6) is 0 Å². The Bertz CT molecular complexity index is 852. The van der Waals surface area contributed by atoms with Crippen LogP contribution in [0.1, 0.15) is 40.7 Å². The highest BCUT2D eigenvalue weighted by molar-refractivity contribution is 5.89. The number of benzene rings is 2. The van der Waals surface area contributed by atoms with Gasteiger partial charge in [-0.2, -0.15) is 0 Å². The highest BCUT2D eigenvalue weighted by Crippen LogP contribution is 2.24. The van der Waals surface area contributed by atoms with Gasteiger partial charge in [0.2, 0.25) is 5.91 Å². The fourth-order valence-electron chi connectivity index (χ4n) is 3.60. The number of halogens is 1. The minimum absolute atomic E-state index is 0.0859. The highest BCUT2D eigenvalue weighted by atomic mass is 19.1. The zero-order chi connectivity index (χ0) is 19.9. The van der Waals surface area contributed by atoms with Crippen LogP contribution in [0.15, 0.2) is 54.6 Å². The first-order chi connectivity index (χ1) is 13.5. The fourth-order valence-corrected chi connectivity index (χ4v) is 3.60. The summed E-state index contributed by atoms with van der Waals surface area (Å²) in [6.07, 6.45) is 6.44. The van der Waals surface area contributed by atoms with Crippen LogP contribution in [0.2, 0.25) is 0 Å². The quantitative estimate of drug-likeness (QED) is 0.806. The molecule has 2 aromatic carbocycles. The third kappa shape index (κ3) is 5.28. The number of amides is 1. The second-order valence-corrected chi connectivity index (χ2v) is 7.15. The third-order valence-electron chi connectivity index (χ3n) is 5.20. The number of hydrogen-bond donors (Lipinski definition) is 1. The standard InChI is InChI=1S/C23H24FNO3/c24-20-10-8-17(9-11-20)4-3-7-22(26)25-14-12-18(13-15-25)16-19-5-1-2-6-21(19)23(27)28/h1-6,8-11,18H,7,12-16H2,(H,27,28)/b4-3+. The average molecular weight is 381 g/mol. The first-order valence-electron chi connectivity index (χ1n) is 9.54. The number of likely N-dealkylation sites (tertiary alicyclic amines) is 1. The summed E-state index contributed by atoms with van der Waals surface area (Å²) in [4.78, 5) is 25.6. The molecule has 0 spiro atoms. The number of carboxylic acids is 1. The molecule has 1 fully saturated rings. The molecular weight excluding hydrogens is 357 g/mol. The second-order valence-electron chi connectivity index (χ2n) is 7.15. The number of piperidine rings is 1. The highest BCUT2D eigenvalue weighted by Gasteiger charge is 2.23. The molecule has 0 atom stereocenters. The Labute approximate surface area is 164 Å². The van der Waals surface area contributed by atoms with E-state index in [0.29, 0.717) is 31.0 Å². The number of rotatable bonds is 6. The van der Waals surface area contributed by atoms with Crippen molar-refractivity contribution in [1.29, 1.82) is 0 Å². The fraction of sp³-hybridized carbons (Fsp3) is 0.304. The van der Waals surface area contributed by atoms with Crippen LogP contribution in [-0.4, -0.2) is 35.0 Å². The molecule has 1 saturated heterocycles. The first-order valence-corrected chi connectivity index (χ1v) is 9.54. The smallest absolute Gasteiger partial charge is 0.335 e. The van der Waals surface area contributed by atoms with Crippen molar-refractivity contribution < 1.29 is 19.1 Å². The van der Waals surface area contributed by atoms with Crippen molar-refractivity contribution >= 4 is 18.0 Å². The van der Waals surface area contributed by atoms with Gasteiger partial charge in [-0.15, -0.1) is 0 Å². The van der Waals surface area contributed by atoms with Crippen LogP contribution < -0.4 is 0 Å². The minimum atomic E-state index is -0.892. The molecule has 0 aliphatic carbocycles. The van der Waals surface area contributed by atoms with Gasteiger partial charge in [0.1, 0.15) is 5.82 Å². The number of aromatic carboxylic acids is 1. The van der Waals surface area contributed by atoms with E-state index in [9.17, 15) is 19.1 Å². The number of nitrogens with zero attached hydrogens (tertiary/aromatic N) is 1. The SMILES string of the molecule is O=C(O)c1ccccc1CC1CCN(C(=O)C/C=C/c2ccc(F)cc2)CC1. The molecule has 3 rings (SSSR count). The van der Waals surface area contributed by atoms with E-state index in [2.05, 4.69) is 0 Å². The van der Waals surface area contributed by atoms with Gasteiger partial charge in [0.25, 0.3) is 0 Å². The molecule has 1 N–H and O–H groups in total. The minimum Gasteiger partial charge on any atom is -0.478 e. The molecule has 0 radical (unpaired) electrons. The van der Waals surface area contributed by atoms with Crippen LogP contribution in [0.25, 0.3) is 6.08 Å². The van der Waals surface area contributed by atoms with E-state index in [4.69, 9.17) is 0 Å². The van der Waals surface area contributed by atoms with Gasteiger partial charge in [0, 0.05) is 19.5 Å². The van der Waals surface area contributed by atoms with Gasteiger partial charge >= 0.3 is 5.97 Å². The molecule has 2 aromatic rings. The predicted octanol–water partition coefficient (Wildman–Crippen LogP) is 4.41. The second kappa shape index (κ2) is 9.31. The molecule has 0 aromatic heterocycles. The number of carboxylic acid groups (broad SMARTS) is 1. The Morgan fingerprint density at radius 2 is 1.75 bits per heavy atom. The van der Waals surface area contributed by atoms with Gasteiger partial charge in [-0.25, -0.2) is 9.18 Å². The molecular formula is C23H24FNO3. The summed E-state index contributed by atoms with van der Waals surface area (Å²) in [5, 5.41) is 9.31. The molecule has 1 aliphatic heterocycles. The summed E-state index contributed by atoms with van der Waals surface area (Å²) < 4.78 is 12.9. The van der Waals surface area contributed by atoms with Crippen molar-refractivity contribution in [3.05, 3.63) is 77.1 Å². The van der Waals surface area contributed by atoms with E-state index < -0.39 is 5.97 Å². The van der Waals surface area contributed by atoms with E-state index in [0.717, 1.165) is 30.4 Å². The van der Waals surface area contributed by atoms with Gasteiger partial charge in [-0.05, 0) is 54.5 Å². The third-order valence-corrected chi connectivity index (χ3v) is 5.20. The maximum atomic E-state index is 12.9. The summed E-state index contributed by atoms with van der Waals surface area (Å²) in [5.74, 6) is -0.694. The summed E-state index contributed by atoms with van der Waals surface area (Å²) in [6.45, 7) is 1.40. The van der Waals surface area contributed by atoms with Gasteiger partial charge in [-0.1, -0.05) is 42.5 Å². The van der Waals surface area contributed by atoms with Crippen molar-refractivity contribution in [1.82, 2.24) is 4.90 Å².